The average molecular weight is 373 g/mol. The number of benzene rings is 2. The van der Waals surface area contributed by atoms with Crippen LogP contribution in [0.5, 0.6) is 0 Å². The lowest BCUT2D eigenvalue weighted by Gasteiger charge is -2.29. The molecular weight excluding hydrogens is 348 g/mol. The number of Topliss-reactive ketones (excluding diaryl/α,β-unsaturated/α-hetero) is 2. The monoisotopic (exact) mass is 372 g/mol. The number of hydrogen-bond donors (Lipinski definition) is 0. The molecule has 2 unspecified atom stereocenters. The van der Waals surface area contributed by atoms with Crippen molar-refractivity contribution < 1.29 is 9.59 Å². The minimum atomic E-state index is -0.242. The first kappa shape index (κ1) is 19.8. The Morgan fingerprint density at radius 2 is 1.04 bits per heavy atom. The van der Waals surface area contributed by atoms with Gasteiger partial charge in [-0.3, -0.25) is 9.59 Å². The van der Waals surface area contributed by atoms with Crippen LogP contribution in [-0.2, 0) is 0 Å². The molecule has 0 saturated carbocycles. The molecule has 132 valence electrons. The molecule has 0 amide bonds. The van der Waals surface area contributed by atoms with Gasteiger partial charge >= 0.3 is 0 Å². The van der Waals surface area contributed by atoms with E-state index < -0.39 is 0 Å². The summed E-state index contributed by atoms with van der Waals surface area (Å²) >= 11 is 3.21. The Labute approximate surface area is 158 Å². The van der Waals surface area contributed by atoms with Crippen molar-refractivity contribution in [3.05, 3.63) is 71.8 Å². The van der Waals surface area contributed by atoms with E-state index in [0.29, 0.717) is 0 Å². The van der Waals surface area contributed by atoms with Crippen molar-refractivity contribution in [1.29, 1.82) is 0 Å². The SMILES string of the molecule is CC(SC(C)(C)SC(C)C(=O)c1ccccc1)C(=O)c1ccccc1. The van der Waals surface area contributed by atoms with Gasteiger partial charge in [-0.2, -0.15) is 0 Å². The predicted octanol–water partition coefficient (Wildman–Crippen LogP) is 5.73. The maximum absolute atomic E-state index is 12.6. The fourth-order valence-corrected chi connectivity index (χ4v) is 5.94. The van der Waals surface area contributed by atoms with Gasteiger partial charge in [0.2, 0.25) is 0 Å². The minimum Gasteiger partial charge on any atom is -0.293 e. The number of ketones is 2. The number of hydrogen-bond acceptors (Lipinski definition) is 4. The second-order valence-electron chi connectivity index (χ2n) is 6.38. The number of rotatable bonds is 8. The summed E-state index contributed by atoms with van der Waals surface area (Å²) in [5.41, 5.74) is 1.47. The summed E-state index contributed by atoms with van der Waals surface area (Å²) in [5.74, 6) is 0.252. The molecule has 0 N–H and O–H groups in total. The zero-order chi connectivity index (χ0) is 18.4. The van der Waals surface area contributed by atoms with Crippen molar-refractivity contribution in [2.45, 2.75) is 42.3 Å². The highest BCUT2D eigenvalue weighted by Crippen LogP contribution is 2.42. The van der Waals surface area contributed by atoms with Crippen LogP contribution in [0.1, 0.15) is 48.4 Å². The van der Waals surface area contributed by atoms with Crippen LogP contribution in [0, 0.1) is 0 Å². The minimum absolute atomic E-state index is 0.126. The second-order valence-corrected chi connectivity index (χ2v) is 10.6. The Hall–Kier alpha value is -1.52. The highest BCUT2D eigenvalue weighted by Gasteiger charge is 2.30. The molecule has 2 rings (SSSR count). The van der Waals surface area contributed by atoms with Crippen LogP contribution in [0.15, 0.2) is 60.7 Å². The van der Waals surface area contributed by atoms with Gasteiger partial charge in [0.15, 0.2) is 11.6 Å². The molecule has 0 bridgehead atoms. The molecule has 0 radical (unpaired) electrons. The quantitative estimate of drug-likeness (QED) is 0.438. The van der Waals surface area contributed by atoms with E-state index in [-0.39, 0.29) is 26.1 Å². The summed E-state index contributed by atoms with van der Waals surface area (Å²) in [4.78, 5) is 25.1. The van der Waals surface area contributed by atoms with Crippen LogP contribution in [0.4, 0.5) is 0 Å². The van der Waals surface area contributed by atoms with Crippen LogP contribution in [0.2, 0.25) is 0 Å². The van der Waals surface area contributed by atoms with E-state index in [2.05, 4.69) is 13.8 Å². The van der Waals surface area contributed by atoms with Crippen LogP contribution in [0.3, 0.4) is 0 Å². The molecule has 0 aliphatic heterocycles. The smallest absolute Gasteiger partial charge is 0.175 e. The van der Waals surface area contributed by atoms with Gasteiger partial charge in [-0.1, -0.05) is 60.7 Å². The second kappa shape index (κ2) is 8.72. The summed E-state index contributed by atoms with van der Waals surface area (Å²) in [6.07, 6.45) is 0. The first-order valence-corrected chi connectivity index (χ1v) is 10.1. The summed E-state index contributed by atoms with van der Waals surface area (Å²) < 4.78 is -0.242. The van der Waals surface area contributed by atoms with Gasteiger partial charge in [-0.05, 0) is 27.7 Å². The lowest BCUT2D eigenvalue weighted by molar-refractivity contribution is 0.0987. The van der Waals surface area contributed by atoms with Crippen LogP contribution < -0.4 is 0 Å². The molecule has 25 heavy (non-hydrogen) atoms. The van der Waals surface area contributed by atoms with E-state index in [9.17, 15) is 9.59 Å². The summed E-state index contributed by atoms with van der Waals surface area (Å²) in [6, 6.07) is 18.7. The van der Waals surface area contributed by atoms with Crippen molar-refractivity contribution in [1.82, 2.24) is 0 Å². The molecule has 2 nitrogen and oxygen atoms in total. The van der Waals surface area contributed by atoms with Crippen LogP contribution >= 0.6 is 23.5 Å². The maximum Gasteiger partial charge on any atom is 0.175 e. The van der Waals surface area contributed by atoms with E-state index >= 15 is 0 Å². The third-order valence-electron chi connectivity index (χ3n) is 3.78. The zero-order valence-electron chi connectivity index (χ0n) is 15.1. The standard InChI is InChI=1S/C21H24O2S2/c1-15(19(22)17-11-7-5-8-12-17)24-21(3,4)25-16(2)20(23)18-13-9-6-10-14-18/h5-16H,1-4H3. The summed E-state index contributed by atoms with van der Waals surface area (Å²) in [5, 5.41) is -0.326. The van der Waals surface area contributed by atoms with Gasteiger partial charge < -0.3 is 0 Å². The molecule has 0 aliphatic carbocycles. The van der Waals surface area contributed by atoms with E-state index in [1.807, 2.05) is 74.5 Å². The van der Waals surface area contributed by atoms with Crippen molar-refractivity contribution >= 4 is 35.1 Å². The fraction of sp³-hybridized carbons (Fsp3) is 0.333. The number of thioether (sulfide) groups is 2. The molecule has 2 aromatic rings. The third-order valence-corrected chi connectivity index (χ3v) is 6.62. The fourth-order valence-electron chi connectivity index (χ4n) is 2.66. The Bertz CT molecular complexity index is 650. The highest BCUT2D eigenvalue weighted by molar-refractivity contribution is 8.19. The molecular formula is C21H24O2S2. The lowest BCUT2D eigenvalue weighted by Crippen LogP contribution is -2.25. The summed E-state index contributed by atoms with van der Waals surface area (Å²) in [6.45, 7) is 8.02. The van der Waals surface area contributed by atoms with Gasteiger partial charge in [0, 0.05) is 11.1 Å². The molecule has 2 atom stereocenters. The Morgan fingerprint density at radius 3 is 1.36 bits per heavy atom. The molecule has 0 saturated heterocycles. The lowest BCUT2D eigenvalue weighted by atomic mass is 10.1. The van der Waals surface area contributed by atoms with Gasteiger partial charge in [-0.15, -0.1) is 23.5 Å². The molecule has 2 aromatic carbocycles. The van der Waals surface area contributed by atoms with E-state index in [1.54, 1.807) is 23.5 Å². The van der Waals surface area contributed by atoms with Gasteiger partial charge in [0.05, 0.1) is 14.6 Å². The Kier molecular flexibility index (Phi) is 6.91. The number of carbonyl (C=O) groups is 2. The number of carbonyl (C=O) groups excluding carboxylic acids is 2. The van der Waals surface area contributed by atoms with Crippen molar-refractivity contribution in [3.8, 4) is 0 Å². The molecule has 0 aromatic heterocycles. The normalized spacial score (nSPS) is 13.9. The Morgan fingerprint density at radius 1 is 0.720 bits per heavy atom. The summed E-state index contributed by atoms with van der Waals surface area (Å²) in [7, 11) is 0. The third kappa shape index (κ3) is 5.75. The predicted molar refractivity (Wildman–Crippen MR) is 110 cm³/mol. The first-order chi connectivity index (χ1) is 11.8. The largest absolute Gasteiger partial charge is 0.293 e. The van der Waals surface area contributed by atoms with Crippen molar-refractivity contribution in [3.63, 3.8) is 0 Å². The maximum atomic E-state index is 12.6. The topological polar surface area (TPSA) is 34.1 Å². The molecule has 0 heterocycles. The average Bonchev–Trinajstić information content (AvgIpc) is 2.61. The van der Waals surface area contributed by atoms with Crippen molar-refractivity contribution in [2.24, 2.45) is 0 Å². The highest BCUT2D eigenvalue weighted by atomic mass is 32.2. The van der Waals surface area contributed by atoms with E-state index in [4.69, 9.17) is 0 Å². The molecule has 4 heteroatoms. The van der Waals surface area contributed by atoms with Gasteiger partial charge in [-0.25, -0.2) is 0 Å². The molecule has 0 fully saturated rings. The zero-order valence-corrected chi connectivity index (χ0v) is 16.7. The van der Waals surface area contributed by atoms with E-state index in [1.165, 1.54) is 0 Å². The van der Waals surface area contributed by atoms with Gasteiger partial charge in [0.1, 0.15) is 0 Å². The van der Waals surface area contributed by atoms with Gasteiger partial charge in [0.25, 0.3) is 0 Å². The van der Waals surface area contributed by atoms with E-state index in [0.717, 1.165) is 11.1 Å². The van der Waals surface area contributed by atoms with Crippen LogP contribution in [-0.4, -0.2) is 26.1 Å². The van der Waals surface area contributed by atoms with Crippen LogP contribution in [0.25, 0.3) is 0 Å². The molecule has 0 spiro atoms. The first-order valence-electron chi connectivity index (χ1n) is 8.34. The Balaban J connectivity index is 1.98. The van der Waals surface area contributed by atoms with Crippen molar-refractivity contribution in [2.75, 3.05) is 0 Å². The molecule has 0 aliphatic rings.